The van der Waals surface area contributed by atoms with Crippen molar-refractivity contribution in [3.63, 3.8) is 0 Å². The van der Waals surface area contributed by atoms with Gasteiger partial charge in [0.05, 0.1) is 10.8 Å². The summed E-state index contributed by atoms with van der Waals surface area (Å²) >= 11 is 0. The zero-order valence-electron chi connectivity index (χ0n) is 16.8. The molecule has 6 nitrogen and oxygen atoms in total. The van der Waals surface area contributed by atoms with Crippen molar-refractivity contribution >= 4 is 10.0 Å². The number of hydrogen-bond acceptors (Lipinski definition) is 5. The molecule has 1 aromatic carbocycles. The fraction of sp³-hybridized carbons (Fsp3) is 0.600. The van der Waals surface area contributed by atoms with Crippen LogP contribution in [-0.4, -0.2) is 36.0 Å². The van der Waals surface area contributed by atoms with Crippen LogP contribution in [0.3, 0.4) is 0 Å². The highest BCUT2D eigenvalue weighted by atomic mass is 32.2. The maximum Gasteiger partial charge on any atom is 0.243 e. The molecule has 1 aliphatic rings. The van der Waals surface area contributed by atoms with Crippen LogP contribution in [0.5, 0.6) is 0 Å². The lowest BCUT2D eigenvalue weighted by molar-refractivity contribution is 0.274. The van der Waals surface area contributed by atoms with E-state index in [1.54, 1.807) is 16.4 Å². The Morgan fingerprint density at radius 1 is 1.19 bits per heavy atom. The molecule has 2 heterocycles. The second kappa shape index (κ2) is 7.36. The van der Waals surface area contributed by atoms with E-state index in [-0.39, 0.29) is 11.3 Å². The van der Waals surface area contributed by atoms with Gasteiger partial charge in [-0.05, 0) is 55.4 Å². The summed E-state index contributed by atoms with van der Waals surface area (Å²) < 4.78 is 33.6. The number of rotatable bonds is 4. The molecule has 27 heavy (non-hydrogen) atoms. The number of aromatic nitrogens is 2. The van der Waals surface area contributed by atoms with Crippen LogP contribution in [0.25, 0.3) is 0 Å². The Morgan fingerprint density at radius 2 is 1.93 bits per heavy atom. The Labute approximate surface area is 162 Å². The van der Waals surface area contributed by atoms with Gasteiger partial charge in [0.1, 0.15) is 0 Å². The number of nitrogens with zero attached hydrogens (tertiary/aromatic N) is 3. The van der Waals surface area contributed by atoms with Crippen LogP contribution in [-0.2, 0) is 16.4 Å². The van der Waals surface area contributed by atoms with E-state index in [0.29, 0.717) is 36.2 Å². The van der Waals surface area contributed by atoms with Gasteiger partial charge in [0.15, 0.2) is 0 Å². The third kappa shape index (κ3) is 4.58. The highest BCUT2D eigenvalue weighted by Crippen LogP contribution is 2.31. The smallest absolute Gasteiger partial charge is 0.243 e. The fourth-order valence-corrected chi connectivity index (χ4v) is 4.95. The summed E-state index contributed by atoms with van der Waals surface area (Å²) in [4.78, 5) is 0.352. The van der Waals surface area contributed by atoms with Gasteiger partial charge in [-0.2, -0.15) is 4.31 Å². The SMILES string of the molecule is Cc1ccc(S(=O)(=O)N2CCC[C@H](c3nnc(CC(C)(C)C)o3)C2)cc1C. The van der Waals surface area contributed by atoms with Gasteiger partial charge in [-0.15, -0.1) is 10.2 Å². The average Bonchev–Trinajstić information content (AvgIpc) is 3.04. The summed E-state index contributed by atoms with van der Waals surface area (Å²) in [6, 6.07) is 5.30. The lowest BCUT2D eigenvalue weighted by Crippen LogP contribution is -2.39. The van der Waals surface area contributed by atoms with E-state index in [1.165, 1.54) is 0 Å². The highest BCUT2D eigenvalue weighted by Gasteiger charge is 2.33. The Morgan fingerprint density at radius 3 is 2.59 bits per heavy atom. The molecule has 2 aromatic rings. The van der Waals surface area contributed by atoms with Gasteiger partial charge < -0.3 is 4.42 Å². The molecular weight excluding hydrogens is 362 g/mol. The summed E-state index contributed by atoms with van der Waals surface area (Å²) in [5.74, 6) is 1.11. The Bertz CT molecular complexity index is 913. The molecule has 1 aliphatic heterocycles. The minimum atomic E-state index is -3.52. The summed E-state index contributed by atoms with van der Waals surface area (Å²) in [5, 5.41) is 8.36. The maximum atomic E-state index is 13.1. The largest absolute Gasteiger partial charge is 0.425 e. The van der Waals surface area contributed by atoms with Gasteiger partial charge in [0.25, 0.3) is 0 Å². The first-order valence-corrected chi connectivity index (χ1v) is 10.9. The second-order valence-corrected chi connectivity index (χ2v) is 10.7. The molecular formula is C20H29N3O3S. The Hall–Kier alpha value is -1.73. The molecule has 0 N–H and O–H groups in total. The van der Waals surface area contributed by atoms with Crippen LogP contribution in [0.1, 0.15) is 62.4 Å². The van der Waals surface area contributed by atoms with E-state index in [2.05, 4.69) is 31.0 Å². The highest BCUT2D eigenvalue weighted by molar-refractivity contribution is 7.89. The molecule has 1 fully saturated rings. The third-order valence-corrected chi connectivity index (χ3v) is 6.87. The van der Waals surface area contributed by atoms with Gasteiger partial charge in [0.2, 0.25) is 21.8 Å². The molecule has 0 aliphatic carbocycles. The third-order valence-electron chi connectivity index (χ3n) is 5.01. The van der Waals surface area contributed by atoms with Crippen LogP contribution < -0.4 is 0 Å². The lowest BCUT2D eigenvalue weighted by Gasteiger charge is -2.30. The fourth-order valence-electron chi connectivity index (χ4n) is 3.34. The van der Waals surface area contributed by atoms with E-state index in [0.717, 1.165) is 24.0 Å². The van der Waals surface area contributed by atoms with E-state index >= 15 is 0 Å². The van der Waals surface area contributed by atoms with E-state index in [1.807, 2.05) is 19.9 Å². The molecule has 7 heteroatoms. The molecule has 0 spiro atoms. The van der Waals surface area contributed by atoms with Crippen molar-refractivity contribution in [1.29, 1.82) is 0 Å². The number of sulfonamides is 1. The molecule has 3 rings (SSSR count). The number of hydrogen-bond donors (Lipinski definition) is 0. The van der Waals surface area contributed by atoms with Gasteiger partial charge in [-0.1, -0.05) is 26.8 Å². The topological polar surface area (TPSA) is 76.3 Å². The Balaban J connectivity index is 1.78. The molecule has 0 amide bonds. The van der Waals surface area contributed by atoms with Crippen molar-refractivity contribution in [2.45, 2.75) is 64.7 Å². The number of benzene rings is 1. The average molecular weight is 392 g/mol. The van der Waals surface area contributed by atoms with Crippen LogP contribution in [0.15, 0.2) is 27.5 Å². The number of aryl methyl sites for hydroxylation is 2. The molecule has 1 saturated heterocycles. The predicted molar refractivity (Wildman–Crippen MR) is 104 cm³/mol. The zero-order chi connectivity index (χ0) is 19.8. The van der Waals surface area contributed by atoms with Crippen LogP contribution in [0.4, 0.5) is 0 Å². The summed E-state index contributed by atoms with van der Waals surface area (Å²) in [6.45, 7) is 11.2. The van der Waals surface area contributed by atoms with Crippen molar-refractivity contribution in [3.8, 4) is 0 Å². The van der Waals surface area contributed by atoms with Gasteiger partial charge in [-0.3, -0.25) is 0 Å². The van der Waals surface area contributed by atoms with Crippen molar-refractivity contribution in [2.24, 2.45) is 5.41 Å². The van der Waals surface area contributed by atoms with Gasteiger partial charge in [-0.25, -0.2) is 8.42 Å². The molecule has 0 saturated carbocycles. The normalized spacial score (nSPS) is 19.4. The van der Waals surface area contributed by atoms with Crippen molar-refractivity contribution in [2.75, 3.05) is 13.1 Å². The summed E-state index contributed by atoms with van der Waals surface area (Å²) in [6.07, 6.45) is 2.35. The van der Waals surface area contributed by atoms with Crippen molar-refractivity contribution in [3.05, 3.63) is 41.1 Å². The maximum absolute atomic E-state index is 13.1. The van der Waals surface area contributed by atoms with Crippen LogP contribution in [0, 0.1) is 19.3 Å². The molecule has 0 unspecified atom stereocenters. The predicted octanol–water partition coefficient (Wildman–Crippen LogP) is 3.84. The van der Waals surface area contributed by atoms with Crippen molar-refractivity contribution in [1.82, 2.24) is 14.5 Å². The van der Waals surface area contributed by atoms with Crippen molar-refractivity contribution < 1.29 is 12.8 Å². The van der Waals surface area contributed by atoms with E-state index < -0.39 is 10.0 Å². The quantitative estimate of drug-likeness (QED) is 0.791. The zero-order valence-corrected chi connectivity index (χ0v) is 17.6. The molecule has 148 valence electrons. The monoisotopic (exact) mass is 391 g/mol. The number of piperidine rings is 1. The molecule has 1 atom stereocenters. The standard InChI is InChI=1S/C20H29N3O3S/c1-14-8-9-17(11-15(14)2)27(24,25)23-10-6-7-16(13-23)19-22-21-18(26-19)12-20(3,4)5/h8-9,11,16H,6-7,10,12-13H2,1-5H3/t16-/m0/s1. The van der Waals surface area contributed by atoms with Gasteiger partial charge >= 0.3 is 0 Å². The second-order valence-electron chi connectivity index (χ2n) is 8.72. The van der Waals surface area contributed by atoms with E-state index in [4.69, 9.17) is 4.42 Å². The summed E-state index contributed by atoms with van der Waals surface area (Å²) in [7, 11) is -3.52. The molecule has 0 bridgehead atoms. The van der Waals surface area contributed by atoms with E-state index in [9.17, 15) is 8.42 Å². The lowest BCUT2D eigenvalue weighted by atomic mass is 9.92. The van der Waals surface area contributed by atoms with Gasteiger partial charge in [0, 0.05) is 19.5 Å². The first kappa shape index (κ1) is 20.0. The Kier molecular flexibility index (Phi) is 5.45. The van der Waals surface area contributed by atoms with Crippen LogP contribution >= 0.6 is 0 Å². The summed E-state index contributed by atoms with van der Waals surface area (Å²) in [5.41, 5.74) is 2.13. The minimum absolute atomic E-state index is 0.0544. The van der Waals surface area contributed by atoms with Crippen LogP contribution in [0.2, 0.25) is 0 Å². The first-order valence-electron chi connectivity index (χ1n) is 9.46. The molecule has 0 radical (unpaired) electrons. The first-order chi connectivity index (χ1) is 12.6. The molecule has 1 aromatic heterocycles. The minimum Gasteiger partial charge on any atom is -0.425 e.